The maximum absolute atomic E-state index is 11.9. The monoisotopic (exact) mass is 269 g/mol. The number of nitrogens with one attached hydrogen (secondary N) is 1. The fourth-order valence-electron chi connectivity index (χ4n) is 2.20. The maximum Gasteiger partial charge on any atom is 0.237 e. The van der Waals surface area contributed by atoms with Gasteiger partial charge in [-0.25, -0.2) is 0 Å². The third-order valence-electron chi connectivity index (χ3n) is 3.68. The van der Waals surface area contributed by atoms with Crippen LogP contribution in [0.5, 0.6) is 0 Å². The van der Waals surface area contributed by atoms with E-state index < -0.39 is 0 Å². The number of amides is 1. The molecule has 0 aromatic rings. The van der Waals surface area contributed by atoms with Crippen LogP contribution >= 0.6 is 11.8 Å². The molecule has 1 saturated heterocycles. The van der Waals surface area contributed by atoms with Crippen molar-refractivity contribution in [2.75, 3.05) is 25.9 Å². The van der Waals surface area contributed by atoms with E-state index in [4.69, 9.17) is 0 Å². The van der Waals surface area contributed by atoms with Crippen molar-refractivity contribution in [3.05, 3.63) is 0 Å². The summed E-state index contributed by atoms with van der Waals surface area (Å²) in [5.41, 5.74) is 0. The standard InChI is InChI=1S/C13H23N3OS/c1-4-7-15-12(17)11(2)16-8-5-13(10-14,18-3)6-9-16/h11H,4-9H2,1-3H3,(H,15,17). The molecule has 0 aromatic heterocycles. The van der Waals surface area contributed by atoms with Gasteiger partial charge in [-0.1, -0.05) is 6.92 Å². The number of carbonyl (C=O) groups excluding carboxylic acids is 1. The van der Waals surface area contributed by atoms with Crippen molar-refractivity contribution < 1.29 is 4.79 Å². The van der Waals surface area contributed by atoms with Crippen LogP contribution in [0.4, 0.5) is 0 Å². The fraction of sp³-hybridized carbons (Fsp3) is 0.846. The maximum atomic E-state index is 11.9. The van der Waals surface area contributed by atoms with Gasteiger partial charge >= 0.3 is 0 Å². The Morgan fingerprint density at radius 3 is 2.61 bits per heavy atom. The summed E-state index contributed by atoms with van der Waals surface area (Å²) in [4.78, 5) is 14.1. The normalized spacial score (nSPS) is 21.0. The molecule has 0 bridgehead atoms. The number of hydrogen-bond acceptors (Lipinski definition) is 4. The van der Waals surface area contributed by atoms with Crippen LogP contribution in [0.15, 0.2) is 0 Å². The molecule has 0 aromatic carbocycles. The molecule has 5 heteroatoms. The number of nitriles is 1. The molecule has 0 radical (unpaired) electrons. The zero-order chi connectivity index (χ0) is 13.6. The van der Waals surface area contributed by atoms with E-state index in [0.717, 1.165) is 38.9 Å². The van der Waals surface area contributed by atoms with Crippen LogP contribution in [0.3, 0.4) is 0 Å². The molecule has 102 valence electrons. The Morgan fingerprint density at radius 1 is 1.56 bits per heavy atom. The van der Waals surface area contributed by atoms with Gasteiger partial charge in [0, 0.05) is 19.6 Å². The molecule has 1 aliphatic rings. The van der Waals surface area contributed by atoms with Crippen molar-refractivity contribution in [1.29, 1.82) is 5.26 Å². The third kappa shape index (κ3) is 3.63. The van der Waals surface area contributed by atoms with Crippen LogP contribution in [-0.4, -0.2) is 47.5 Å². The van der Waals surface area contributed by atoms with Gasteiger partial charge in [0.05, 0.1) is 12.1 Å². The van der Waals surface area contributed by atoms with Crippen molar-refractivity contribution in [2.24, 2.45) is 0 Å². The molecule has 0 saturated carbocycles. The lowest BCUT2D eigenvalue weighted by atomic mass is 9.96. The van der Waals surface area contributed by atoms with Gasteiger partial charge in [-0.15, -0.1) is 11.8 Å². The second-order valence-electron chi connectivity index (χ2n) is 4.81. The minimum absolute atomic E-state index is 0.0879. The van der Waals surface area contributed by atoms with E-state index in [2.05, 4.69) is 16.3 Å². The highest BCUT2D eigenvalue weighted by atomic mass is 32.2. The molecule has 1 amide bonds. The minimum atomic E-state index is -0.240. The molecular weight excluding hydrogens is 246 g/mol. The van der Waals surface area contributed by atoms with E-state index in [1.54, 1.807) is 11.8 Å². The molecular formula is C13H23N3OS. The Labute approximate surface area is 114 Å². The van der Waals surface area contributed by atoms with Gasteiger partial charge in [-0.05, 0) is 32.4 Å². The number of thioether (sulfide) groups is 1. The molecule has 1 atom stereocenters. The highest BCUT2D eigenvalue weighted by Crippen LogP contribution is 2.34. The van der Waals surface area contributed by atoms with Crippen LogP contribution in [-0.2, 0) is 4.79 Å². The van der Waals surface area contributed by atoms with Gasteiger partial charge in [0.1, 0.15) is 4.75 Å². The van der Waals surface area contributed by atoms with E-state index in [9.17, 15) is 10.1 Å². The number of piperidine rings is 1. The average Bonchev–Trinajstić information content (AvgIpc) is 2.44. The van der Waals surface area contributed by atoms with E-state index in [0.29, 0.717) is 0 Å². The molecule has 1 N–H and O–H groups in total. The first-order chi connectivity index (χ1) is 8.58. The summed E-state index contributed by atoms with van der Waals surface area (Å²) in [5, 5.41) is 12.2. The first-order valence-electron chi connectivity index (χ1n) is 6.56. The molecule has 4 nitrogen and oxygen atoms in total. The van der Waals surface area contributed by atoms with E-state index in [1.807, 2.05) is 20.1 Å². The average molecular weight is 269 g/mol. The molecule has 1 aliphatic heterocycles. The van der Waals surface area contributed by atoms with Crippen molar-refractivity contribution >= 4 is 17.7 Å². The largest absolute Gasteiger partial charge is 0.355 e. The Hall–Kier alpha value is -0.730. The van der Waals surface area contributed by atoms with Gasteiger partial charge in [0.15, 0.2) is 0 Å². The summed E-state index contributed by atoms with van der Waals surface area (Å²) in [6.45, 7) is 6.39. The second kappa shape index (κ2) is 7.01. The molecule has 1 rings (SSSR count). The van der Waals surface area contributed by atoms with Crippen molar-refractivity contribution in [2.45, 2.75) is 43.9 Å². The van der Waals surface area contributed by atoms with Gasteiger partial charge in [0.2, 0.25) is 5.91 Å². The molecule has 1 heterocycles. The van der Waals surface area contributed by atoms with Crippen molar-refractivity contribution in [3.8, 4) is 6.07 Å². The van der Waals surface area contributed by atoms with E-state index in [1.165, 1.54) is 0 Å². The fourth-order valence-corrected chi connectivity index (χ4v) is 2.88. The number of nitrogens with zero attached hydrogens (tertiary/aromatic N) is 2. The zero-order valence-electron chi connectivity index (χ0n) is 11.5. The molecule has 1 unspecified atom stereocenters. The summed E-state index contributed by atoms with van der Waals surface area (Å²) < 4.78 is -0.240. The predicted octanol–water partition coefficient (Wildman–Crippen LogP) is 1.62. The third-order valence-corrected chi connectivity index (χ3v) is 4.96. The first kappa shape index (κ1) is 15.3. The smallest absolute Gasteiger partial charge is 0.237 e. The summed E-state index contributed by atoms with van der Waals surface area (Å²) >= 11 is 1.64. The van der Waals surface area contributed by atoms with Gasteiger partial charge < -0.3 is 5.32 Å². The van der Waals surface area contributed by atoms with Gasteiger partial charge in [0.25, 0.3) is 0 Å². The van der Waals surface area contributed by atoms with Crippen LogP contribution in [0.25, 0.3) is 0 Å². The highest BCUT2D eigenvalue weighted by molar-refractivity contribution is 8.00. The topological polar surface area (TPSA) is 56.1 Å². The van der Waals surface area contributed by atoms with E-state index in [-0.39, 0.29) is 16.7 Å². The van der Waals surface area contributed by atoms with E-state index >= 15 is 0 Å². The number of carbonyl (C=O) groups is 1. The molecule has 18 heavy (non-hydrogen) atoms. The molecule has 0 spiro atoms. The lowest BCUT2D eigenvalue weighted by Gasteiger charge is -2.38. The first-order valence-corrected chi connectivity index (χ1v) is 7.79. The molecule has 1 fully saturated rings. The Morgan fingerprint density at radius 2 is 2.17 bits per heavy atom. The summed E-state index contributed by atoms with van der Waals surface area (Å²) in [5.74, 6) is 0.102. The van der Waals surface area contributed by atoms with Crippen LogP contribution in [0.1, 0.15) is 33.1 Å². The van der Waals surface area contributed by atoms with Gasteiger partial charge in [-0.2, -0.15) is 5.26 Å². The van der Waals surface area contributed by atoms with Crippen LogP contribution < -0.4 is 5.32 Å². The Balaban J connectivity index is 2.47. The summed E-state index contributed by atoms with van der Waals surface area (Å²) in [6.07, 6.45) is 4.64. The van der Waals surface area contributed by atoms with Gasteiger partial charge in [-0.3, -0.25) is 9.69 Å². The number of rotatable bonds is 5. The number of likely N-dealkylation sites (tertiary alicyclic amines) is 1. The second-order valence-corrected chi connectivity index (χ2v) is 6.00. The lowest BCUT2D eigenvalue weighted by molar-refractivity contribution is -0.126. The quantitative estimate of drug-likeness (QED) is 0.824. The molecule has 0 aliphatic carbocycles. The predicted molar refractivity (Wildman–Crippen MR) is 75.4 cm³/mol. The summed E-state index contributed by atoms with van der Waals surface area (Å²) in [6, 6.07) is 2.34. The Kier molecular flexibility index (Phi) is 5.97. The lowest BCUT2D eigenvalue weighted by Crippen LogP contribution is -2.51. The minimum Gasteiger partial charge on any atom is -0.355 e. The Bertz CT molecular complexity index is 319. The van der Waals surface area contributed by atoms with Crippen molar-refractivity contribution in [1.82, 2.24) is 10.2 Å². The van der Waals surface area contributed by atoms with Crippen LogP contribution in [0, 0.1) is 11.3 Å². The summed E-state index contributed by atoms with van der Waals surface area (Å²) in [7, 11) is 0. The highest BCUT2D eigenvalue weighted by Gasteiger charge is 2.36. The van der Waals surface area contributed by atoms with Crippen LogP contribution in [0.2, 0.25) is 0 Å². The zero-order valence-corrected chi connectivity index (χ0v) is 12.3. The SMILES string of the molecule is CCCNC(=O)C(C)N1CCC(C#N)(SC)CC1. The van der Waals surface area contributed by atoms with Crippen molar-refractivity contribution in [3.63, 3.8) is 0 Å². The number of hydrogen-bond donors (Lipinski definition) is 1.